The van der Waals surface area contributed by atoms with Crippen LogP contribution in [-0.4, -0.2) is 142 Å². The van der Waals surface area contributed by atoms with Crippen molar-refractivity contribution in [1.29, 1.82) is 0 Å². The maximum Gasteiger partial charge on any atom is 0.317 e. The molecule has 1 fully saturated rings. The van der Waals surface area contributed by atoms with Crippen LogP contribution in [-0.2, 0) is 14.4 Å². The van der Waals surface area contributed by atoms with Gasteiger partial charge in [0.15, 0.2) is 0 Å². The fraction of sp³-hybridized carbons (Fsp3) is 0.710. The Bertz CT molecular complexity index is 966. The number of phenolic OH excluding ortho intramolecular Hbond substituents is 1. The van der Waals surface area contributed by atoms with Gasteiger partial charge in [0.25, 0.3) is 0 Å². The molecule has 1 saturated heterocycles. The van der Waals surface area contributed by atoms with Crippen LogP contribution in [0.5, 0.6) is 11.5 Å². The van der Waals surface area contributed by atoms with Crippen molar-refractivity contribution in [3.05, 3.63) is 24.3 Å². The number of unbranched alkanes of at least 4 members (excludes halogenated alkanes) is 6. The normalized spacial score (nSPS) is 18.6. The Kier molecular flexibility index (Phi) is 18.3. The summed E-state index contributed by atoms with van der Waals surface area (Å²) in [6.07, 6.45) is 7.38. The molecule has 13 nitrogen and oxygen atoms in total. The highest BCUT2D eigenvalue weighted by atomic mass is 16.5. The van der Waals surface area contributed by atoms with Gasteiger partial charge in [0.2, 0.25) is 0 Å². The molecule has 0 radical (unpaired) electrons. The number of nitrogens with zero attached hydrogens (tertiary/aromatic N) is 3. The minimum atomic E-state index is -1.02. The van der Waals surface area contributed by atoms with E-state index < -0.39 is 24.0 Å². The fourth-order valence-corrected chi connectivity index (χ4v) is 5.49. The maximum atomic E-state index is 11.7. The Morgan fingerprint density at radius 3 is 2.00 bits per heavy atom. The quantitative estimate of drug-likeness (QED) is 0.123. The molecule has 44 heavy (non-hydrogen) atoms. The number of carbonyl (C=O) groups is 3. The summed E-state index contributed by atoms with van der Waals surface area (Å²) in [5.74, 6) is -1.99. The van der Waals surface area contributed by atoms with Gasteiger partial charge in [0.05, 0.1) is 32.3 Å². The highest BCUT2D eigenvalue weighted by Crippen LogP contribution is 2.18. The molecule has 0 saturated carbocycles. The summed E-state index contributed by atoms with van der Waals surface area (Å²) in [6.45, 7) is 2.85. The minimum absolute atomic E-state index is 0.148. The highest BCUT2D eigenvalue weighted by molar-refractivity contribution is 5.70. The molecule has 13 heteroatoms. The van der Waals surface area contributed by atoms with Crippen molar-refractivity contribution in [1.82, 2.24) is 20.0 Å². The van der Waals surface area contributed by atoms with Gasteiger partial charge in [-0.1, -0.05) is 38.5 Å². The van der Waals surface area contributed by atoms with Crippen LogP contribution < -0.4 is 10.1 Å². The molecule has 0 aromatic heterocycles. The zero-order valence-corrected chi connectivity index (χ0v) is 25.8. The van der Waals surface area contributed by atoms with Crippen LogP contribution in [0.15, 0.2) is 24.3 Å². The SMILES string of the molecule is O=C(O)CN1CCNCCN(CC(=O)O)C(CC(O)CCCCCCCCCOc2ccc(O)cc2)CN(CC(=O)O)CC1. The second kappa shape index (κ2) is 21.7. The van der Waals surface area contributed by atoms with Crippen LogP contribution in [0.25, 0.3) is 0 Å². The van der Waals surface area contributed by atoms with E-state index in [1.54, 1.807) is 39.0 Å². The maximum absolute atomic E-state index is 11.7. The van der Waals surface area contributed by atoms with Crippen LogP contribution in [0, 0.1) is 0 Å². The topological polar surface area (TPSA) is 183 Å². The third kappa shape index (κ3) is 17.4. The molecule has 0 amide bonds. The molecule has 1 aromatic rings. The molecule has 1 heterocycles. The van der Waals surface area contributed by atoms with Crippen molar-refractivity contribution in [3.63, 3.8) is 0 Å². The van der Waals surface area contributed by atoms with E-state index in [-0.39, 0.29) is 38.0 Å². The Hall–Kier alpha value is -2.97. The van der Waals surface area contributed by atoms with Crippen molar-refractivity contribution < 1.29 is 44.7 Å². The van der Waals surface area contributed by atoms with Gasteiger partial charge in [-0.2, -0.15) is 0 Å². The lowest BCUT2D eigenvalue weighted by Gasteiger charge is -2.37. The second-order valence-electron chi connectivity index (χ2n) is 11.6. The third-order valence-corrected chi connectivity index (χ3v) is 7.79. The third-order valence-electron chi connectivity index (χ3n) is 7.79. The summed E-state index contributed by atoms with van der Waals surface area (Å²) in [6, 6.07) is 6.32. The molecule has 0 spiro atoms. The van der Waals surface area contributed by atoms with E-state index in [0.29, 0.717) is 58.7 Å². The second-order valence-corrected chi connectivity index (χ2v) is 11.6. The number of carboxylic acids is 3. The monoisotopic (exact) mass is 624 g/mol. The molecular formula is C31H52N4O9. The van der Waals surface area contributed by atoms with Crippen molar-refractivity contribution in [3.8, 4) is 11.5 Å². The Morgan fingerprint density at radius 1 is 0.773 bits per heavy atom. The molecular weight excluding hydrogens is 572 g/mol. The van der Waals surface area contributed by atoms with Crippen LogP contribution in [0.3, 0.4) is 0 Å². The van der Waals surface area contributed by atoms with Gasteiger partial charge in [0.1, 0.15) is 11.5 Å². The Morgan fingerprint density at radius 2 is 1.34 bits per heavy atom. The van der Waals surface area contributed by atoms with Crippen LogP contribution in [0.2, 0.25) is 0 Å². The van der Waals surface area contributed by atoms with E-state index in [2.05, 4.69) is 5.32 Å². The van der Waals surface area contributed by atoms with Crippen molar-refractivity contribution in [2.75, 3.05) is 72.1 Å². The zero-order valence-electron chi connectivity index (χ0n) is 25.8. The smallest absolute Gasteiger partial charge is 0.317 e. The number of carboxylic acid groups (broad SMARTS) is 3. The Labute approximate surface area is 260 Å². The molecule has 0 aliphatic carbocycles. The van der Waals surface area contributed by atoms with Gasteiger partial charge in [-0.3, -0.25) is 29.1 Å². The minimum Gasteiger partial charge on any atom is -0.508 e. The standard InChI is InChI=1S/C31H52N4O9/c36-26-9-11-28(12-10-26)44-19-7-5-3-1-2-4-6-8-27(37)20-25-21-34(23-30(40)41)18-17-33(22-29(38)39)15-13-32-14-16-35(25)24-31(42)43/h9-12,25,27,32,36-37H,1-8,13-24H2,(H,38,39)(H,40,41)(H,42,43). The van der Waals surface area contributed by atoms with Crippen LogP contribution in [0.1, 0.15) is 57.8 Å². The molecule has 2 atom stereocenters. The van der Waals surface area contributed by atoms with Crippen LogP contribution >= 0.6 is 0 Å². The van der Waals surface area contributed by atoms with Gasteiger partial charge >= 0.3 is 17.9 Å². The van der Waals surface area contributed by atoms with Gasteiger partial charge < -0.3 is 35.6 Å². The number of phenols is 1. The summed E-state index contributed by atoms with van der Waals surface area (Å²) in [4.78, 5) is 39.9. The number of hydrogen-bond donors (Lipinski definition) is 6. The number of nitrogens with one attached hydrogen (secondary N) is 1. The van der Waals surface area contributed by atoms with Crippen molar-refractivity contribution in [2.45, 2.75) is 69.9 Å². The summed E-state index contributed by atoms with van der Waals surface area (Å²) in [5.41, 5.74) is 0. The first-order chi connectivity index (χ1) is 21.1. The van der Waals surface area contributed by atoms with Gasteiger partial charge in [-0.15, -0.1) is 0 Å². The molecule has 2 unspecified atom stereocenters. The van der Waals surface area contributed by atoms with Crippen molar-refractivity contribution in [2.24, 2.45) is 0 Å². The number of benzene rings is 1. The average molecular weight is 625 g/mol. The number of ether oxygens (including phenoxy) is 1. The number of aliphatic hydroxyl groups excluding tert-OH is 1. The molecule has 1 aromatic carbocycles. The lowest BCUT2D eigenvalue weighted by molar-refractivity contribution is -0.141. The van der Waals surface area contributed by atoms with E-state index in [1.165, 1.54) is 0 Å². The summed E-state index contributed by atoms with van der Waals surface area (Å²) >= 11 is 0. The highest BCUT2D eigenvalue weighted by Gasteiger charge is 2.27. The fourth-order valence-electron chi connectivity index (χ4n) is 5.49. The van der Waals surface area contributed by atoms with Crippen LogP contribution in [0.4, 0.5) is 0 Å². The van der Waals surface area contributed by atoms with Crippen molar-refractivity contribution >= 4 is 17.9 Å². The molecule has 1 aliphatic heterocycles. The van der Waals surface area contributed by atoms with E-state index in [4.69, 9.17) is 4.74 Å². The van der Waals surface area contributed by atoms with E-state index >= 15 is 0 Å². The first kappa shape index (κ1) is 37.2. The lowest BCUT2D eigenvalue weighted by Crippen LogP contribution is -2.52. The van der Waals surface area contributed by atoms with Gasteiger partial charge in [0, 0.05) is 51.9 Å². The summed E-state index contributed by atoms with van der Waals surface area (Å²) < 4.78 is 5.67. The number of aliphatic carboxylic acids is 3. The zero-order chi connectivity index (χ0) is 32.2. The van der Waals surface area contributed by atoms with Gasteiger partial charge in [-0.05, 0) is 43.5 Å². The largest absolute Gasteiger partial charge is 0.508 e. The molecule has 2 rings (SSSR count). The van der Waals surface area contributed by atoms with E-state index in [1.807, 2.05) is 0 Å². The number of aromatic hydroxyl groups is 1. The first-order valence-corrected chi connectivity index (χ1v) is 15.8. The predicted molar refractivity (Wildman–Crippen MR) is 165 cm³/mol. The molecule has 0 bridgehead atoms. The first-order valence-electron chi connectivity index (χ1n) is 15.8. The number of hydrogen-bond acceptors (Lipinski definition) is 10. The molecule has 1 aliphatic rings. The lowest BCUT2D eigenvalue weighted by atomic mass is 10.0. The molecule has 250 valence electrons. The average Bonchev–Trinajstić information content (AvgIpc) is 2.95. The Balaban J connectivity index is 1.81. The molecule has 6 N–H and O–H groups in total. The summed E-state index contributed by atoms with van der Waals surface area (Å²) in [7, 11) is 0. The van der Waals surface area contributed by atoms with E-state index in [0.717, 1.165) is 50.7 Å². The number of rotatable bonds is 19. The number of aliphatic hydroxyl groups is 1. The summed E-state index contributed by atoms with van der Waals surface area (Å²) in [5, 5.41) is 51.9. The van der Waals surface area contributed by atoms with E-state index in [9.17, 15) is 39.9 Å². The predicted octanol–water partition coefficient (Wildman–Crippen LogP) is 1.77. The van der Waals surface area contributed by atoms with Gasteiger partial charge in [-0.25, -0.2) is 0 Å².